The summed E-state index contributed by atoms with van der Waals surface area (Å²) in [6.07, 6.45) is 7.91. The van der Waals surface area contributed by atoms with Crippen molar-refractivity contribution in [3.05, 3.63) is 70.0 Å². The minimum atomic E-state index is -1.00. The van der Waals surface area contributed by atoms with Crippen LogP contribution in [-0.4, -0.2) is 51.6 Å². The van der Waals surface area contributed by atoms with E-state index in [4.69, 9.17) is 16.3 Å². The van der Waals surface area contributed by atoms with Gasteiger partial charge in [0.15, 0.2) is 0 Å². The van der Waals surface area contributed by atoms with Crippen LogP contribution in [0.3, 0.4) is 0 Å². The average molecular weight is 563 g/mol. The van der Waals surface area contributed by atoms with Gasteiger partial charge in [0, 0.05) is 12.7 Å². The van der Waals surface area contributed by atoms with Crippen molar-refractivity contribution in [1.82, 2.24) is 9.88 Å². The third-order valence-electron chi connectivity index (χ3n) is 8.38. The van der Waals surface area contributed by atoms with Crippen molar-refractivity contribution in [2.45, 2.75) is 64.8 Å². The van der Waals surface area contributed by atoms with E-state index in [-0.39, 0.29) is 35.5 Å². The quantitative estimate of drug-likeness (QED) is 0.229. The van der Waals surface area contributed by atoms with Gasteiger partial charge in [0.05, 0.1) is 28.7 Å². The molecule has 0 spiro atoms. The van der Waals surface area contributed by atoms with Gasteiger partial charge in [-0.05, 0) is 97.5 Å². The molecule has 3 aliphatic rings. The van der Waals surface area contributed by atoms with E-state index in [2.05, 4.69) is 11.9 Å². The average Bonchev–Trinajstić information content (AvgIpc) is 3.17. The van der Waals surface area contributed by atoms with E-state index in [0.717, 1.165) is 41.7 Å². The van der Waals surface area contributed by atoms with Crippen LogP contribution in [0, 0.1) is 17.8 Å². The van der Waals surface area contributed by atoms with Crippen LogP contribution in [0.5, 0.6) is 5.75 Å². The number of fused-ring (bicyclic) bond motifs is 3. The number of rotatable bonds is 9. The van der Waals surface area contributed by atoms with Gasteiger partial charge >= 0.3 is 7.12 Å². The zero-order chi connectivity index (χ0) is 28.4. The molecule has 2 aliphatic heterocycles. The standard InChI is InChI=1S/C31H36BClN2O5/c1-3-7-21-16-23-29(31(38)35(14-4-2)30(23)37)24-18-32(39)40-27(28(21)24)12-10-20(26-8-5-6-13-34-26)15-19-9-11-22(36)17-25(19)33/h5-6,8-9,11,13,15,17,23-24,27,29,36,39H,3-4,7,10,12,14,16,18H2,1-2H3/b20-15-/t23-,24+,27-,29-/m1/s1. The van der Waals surface area contributed by atoms with Crippen LogP contribution < -0.4 is 0 Å². The summed E-state index contributed by atoms with van der Waals surface area (Å²) in [5.41, 5.74) is 4.82. The number of imide groups is 1. The first-order valence-electron chi connectivity index (χ1n) is 14.3. The van der Waals surface area contributed by atoms with Gasteiger partial charge in [0.25, 0.3) is 0 Å². The highest BCUT2D eigenvalue weighted by atomic mass is 35.5. The molecule has 0 saturated carbocycles. The van der Waals surface area contributed by atoms with Crippen LogP contribution in [0.2, 0.25) is 11.3 Å². The van der Waals surface area contributed by atoms with Gasteiger partial charge in [-0.2, -0.15) is 0 Å². The van der Waals surface area contributed by atoms with Crippen molar-refractivity contribution in [2.24, 2.45) is 17.8 Å². The Kier molecular flexibility index (Phi) is 8.78. The molecule has 0 bridgehead atoms. The van der Waals surface area contributed by atoms with Gasteiger partial charge in [-0.15, -0.1) is 0 Å². The molecule has 2 saturated heterocycles. The van der Waals surface area contributed by atoms with Crippen LogP contribution in [0.25, 0.3) is 11.6 Å². The summed E-state index contributed by atoms with van der Waals surface area (Å²) in [6.45, 7) is 4.54. The predicted molar refractivity (Wildman–Crippen MR) is 156 cm³/mol. The second kappa shape index (κ2) is 12.3. The Morgan fingerprint density at radius 2 is 2.00 bits per heavy atom. The highest BCUT2D eigenvalue weighted by Crippen LogP contribution is 2.51. The molecular formula is C31H36BClN2O5. The molecule has 7 nitrogen and oxygen atoms in total. The minimum Gasteiger partial charge on any atom is -0.508 e. The first kappa shape index (κ1) is 28.6. The van der Waals surface area contributed by atoms with Gasteiger partial charge in [-0.25, -0.2) is 0 Å². The number of nitrogens with zero attached hydrogens (tertiary/aromatic N) is 2. The molecule has 2 N–H and O–H groups in total. The molecule has 40 heavy (non-hydrogen) atoms. The highest BCUT2D eigenvalue weighted by molar-refractivity contribution is 6.43. The zero-order valence-electron chi connectivity index (χ0n) is 23.1. The molecule has 2 aromatic rings. The smallest absolute Gasteiger partial charge is 0.455 e. The van der Waals surface area contributed by atoms with E-state index in [9.17, 15) is 19.7 Å². The molecule has 3 heterocycles. The van der Waals surface area contributed by atoms with Crippen molar-refractivity contribution in [1.29, 1.82) is 0 Å². The van der Waals surface area contributed by atoms with Gasteiger partial charge in [-0.1, -0.05) is 43.5 Å². The highest BCUT2D eigenvalue weighted by Gasteiger charge is 2.56. The molecular weight excluding hydrogens is 527 g/mol. The monoisotopic (exact) mass is 562 g/mol. The maximum atomic E-state index is 13.5. The number of allylic oxidation sites excluding steroid dienone is 2. The van der Waals surface area contributed by atoms with Crippen molar-refractivity contribution in [2.75, 3.05) is 6.54 Å². The number of hydrogen-bond donors (Lipinski definition) is 2. The van der Waals surface area contributed by atoms with E-state index >= 15 is 0 Å². The number of aromatic nitrogens is 1. The van der Waals surface area contributed by atoms with Gasteiger partial charge in [-0.3, -0.25) is 19.5 Å². The van der Waals surface area contributed by atoms with Crippen LogP contribution in [0.15, 0.2) is 53.7 Å². The number of carbonyl (C=O) groups is 2. The molecule has 9 heteroatoms. The lowest BCUT2D eigenvalue weighted by Crippen LogP contribution is -2.46. The maximum absolute atomic E-state index is 13.5. The summed E-state index contributed by atoms with van der Waals surface area (Å²) in [7, 11) is -1.00. The fourth-order valence-electron chi connectivity index (χ4n) is 6.75. The summed E-state index contributed by atoms with van der Waals surface area (Å²) in [5, 5.41) is 21.1. The second-order valence-corrected chi connectivity index (χ2v) is 11.4. The van der Waals surface area contributed by atoms with Gasteiger partial charge in [0.1, 0.15) is 5.75 Å². The molecule has 0 radical (unpaired) electrons. The van der Waals surface area contributed by atoms with Crippen LogP contribution in [0.1, 0.15) is 63.6 Å². The third kappa shape index (κ3) is 5.62. The van der Waals surface area contributed by atoms with Crippen LogP contribution in [0.4, 0.5) is 0 Å². The zero-order valence-corrected chi connectivity index (χ0v) is 23.8. The topological polar surface area (TPSA) is 100.0 Å². The summed E-state index contributed by atoms with van der Waals surface area (Å²) >= 11 is 6.43. The molecule has 5 rings (SSSR count). The van der Waals surface area contributed by atoms with E-state index in [1.807, 2.05) is 31.2 Å². The number of benzene rings is 1. The molecule has 210 valence electrons. The molecule has 1 aliphatic carbocycles. The molecule has 1 aromatic heterocycles. The lowest BCUT2D eigenvalue weighted by molar-refractivity contribution is -0.140. The summed E-state index contributed by atoms with van der Waals surface area (Å²) in [6, 6.07) is 10.6. The number of amides is 2. The first-order valence-corrected chi connectivity index (χ1v) is 14.7. The van der Waals surface area contributed by atoms with Crippen LogP contribution >= 0.6 is 11.6 Å². The molecule has 1 aromatic carbocycles. The largest absolute Gasteiger partial charge is 0.508 e. The third-order valence-corrected chi connectivity index (χ3v) is 8.71. The van der Waals surface area contributed by atoms with E-state index in [1.54, 1.807) is 18.3 Å². The lowest BCUT2D eigenvalue weighted by Gasteiger charge is -2.43. The van der Waals surface area contributed by atoms with Crippen molar-refractivity contribution in [3.63, 3.8) is 0 Å². The van der Waals surface area contributed by atoms with Gasteiger partial charge < -0.3 is 14.8 Å². The SMILES string of the molecule is CCCC1=C2[C@@H](CC/C(=C/c3ccc(O)cc3Cl)c3ccccn3)OB(O)C[C@@H]2[C@@H]2C(=O)N(CCC)C(=O)[C@@H]2C1. The lowest BCUT2D eigenvalue weighted by atomic mass is 9.58. The second-order valence-electron chi connectivity index (χ2n) is 11.0. The number of hydrogen-bond acceptors (Lipinski definition) is 6. The molecule has 2 amide bonds. The Morgan fingerprint density at radius 3 is 2.70 bits per heavy atom. The predicted octanol–water partition coefficient (Wildman–Crippen LogP) is 5.77. The first-order chi connectivity index (χ1) is 19.3. The number of carbonyl (C=O) groups excluding carboxylic acids is 2. The van der Waals surface area contributed by atoms with E-state index in [0.29, 0.717) is 37.2 Å². The minimum absolute atomic E-state index is 0.0619. The Balaban J connectivity index is 1.48. The molecule has 2 fully saturated rings. The summed E-state index contributed by atoms with van der Waals surface area (Å²) in [4.78, 5) is 32.8. The Labute approximate surface area is 241 Å². The fourth-order valence-corrected chi connectivity index (χ4v) is 6.98. The van der Waals surface area contributed by atoms with E-state index < -0.39 is 13.0 Å². The Hall–Kier alpha value is -2.94. The van der Waals surface area contributed by atoms with E-state index in [1.165, 1.54) is 16.5 Å². The number of aromatic hydroxyl groups is 1. The number of likely N-dealkylation sites (tertiary alicyclic amines) is 1. The molecule has 0 unspecified atom stereocenters. The maximum Gasteiger partial charge on any atom is 0.455 e. The Bertz CT molecular complexity index is 1330. The van der Waals surface area contributed by atoms with Crippen LogP contribution in [-0.2, 0) is 14.2 Å². The summed E-state index contributed by atoms with van der Waals surface area (Å²) < 4.78 is 6.17. The number of phenols is 1. The van der Waals surface area contributed by atoms with Crippen molar-refractivity contribution < 1.29 is 24.4 Å². The van der Waals surface area contributed by atoms with Crippen molar-refractivity contribution in [3.8, 4) is 5.75 Å². The summed E-state index contributed by atoms with van der Waals surface area (Å²) in [5.74, 6) is -1.05. The number of pyridine rings is 1. The number of phenolic OH excluding ortho intramolecular Hbond substituents is 1. The normalized spacial score (nSPS) is 24.9. The number of halogens is 1. The molecule has 4 atom stereocenters. The van der Waals surface area contributed by atoms with Gasteiger partial charge in [0.2, 0.25) is 11.8 Å². The fraction of sp³-hybridized carbons (Fsp3) is 0.452. The Morgan fingerprint density at radius 1 is 1.18 bits per heavy atom. The van der Waals surface area contributed by atoms with Crippen molar-refractivity contribution >= 4 is 42.2 Å².